The van der Waals surface area contributed by atoms with Crippen LogP contribution in [0.3, 0.4) is 0 Å². The zero-order valence-electron chi connectivity index (χ0n) is 14.9. The Morgan fingerprint density at radius 2 is 1.81 bits per heavy atom. The second kappa shape index (κ2) is 8.78. The van der Waals surface area contributed by atoms with Gasteiger partial charge >= 0.3 is 0 Å². The monoisotopic (exact) mass is 408 g/mol. The first-order valence-corrected chi connectivity index (χ1v) is 10.3. The number of nitro benzene ring substituents is 1. The SMILES string of the molecule is Cc1ccc(NC(=S)NCCNc2ccc(S(C)(=O)=O)cc2[N+](=O)[O-])cc1. The fraction of sp³-hybridized carbons (Fsp3) is 0.235. The quantitative estimate of drug-likeness (QED) is 0.277. The van der Waals surface area contributed by atoms with Gasteiger partial charge in [0.15, 0.2) is 14.9 Å². The molecule has 0 fully saturated rings. The Morgan fingerprint density at radius 3 is 2.41 bits per heavy atom. The van der Waals surface area contributed by atoms with Gasteiger partial charge in [-0.1, -0.05) is 17.7 Å². The number of anilines is 2. The van der Waals surface area contributed by atoms with E-state index in [1.807, 2.05) is 31.2 Å². The lowest BCUT2D eigenvalue weighted by Gasteiger charge is -2.12. The number of aryl methyl sites for hydroxylation is 1. The van der Waals surface area contributed by atoms with E-state index in [9.17, 15) is 18.5 Å². The third kappa shape index (κ3) is 6.19. The second-order valence-electron chi connectivity index (χ2n) is 5.88. The molecule has 2 aromatic rings. The minimum atomic E-state index is -3.51. The van der Waals surface area contributed by atoms with E-state index in [0.29, 0.717) is 18.2 Å². The van der Waals surface area contributed by atoms with Crippen LogP contribution in [-0.2, 0) is 9.84 Å². The van der Waals surface area contributed by atoms with Crippen molar-refractivity contribution in [3.05, 3.63) is 58.1 Å². The fourth-order valence-electron chi connectivity index (χ4n) is 2.23. The van der Waals surface area contributed by atoms with Crippen LogP contribution in [0.5, 0.6) is 0 Å². The largest absolute Gasteiger partial charge is 0.378 e. The highest BCUT2D eigenvalue weighted by molar-refractivity contribution is 7.90. The molecule has 0 aliphatic carbocycles. The molecule has 8 nitrogen and oxygen atoms in total. The van der Waals surface area contributed by atoms with Gasteiger partial charge in [0.05, 0.1) is 9.82 Å². The van der Waals surface area contributed by atoms with Crippen LogP contribution in [0.1, 0.15) is 5.56 Å². The normalized spacial score (nSPS) is 10.9. The summed E-state index contributed by atoms with van der Waals surface area (Å²) in [5, 5.41) is 20.6. The summed E-state index contributed by atoms with van der Waals surface area (Å²) in [6.45, 7) is 2.77. The smallest absolute Gasteiger partial charge is 0.293 e. The maximum absolute atomic E-state index is 11.5. The van der Waals surface area contributed by atoms with Crippen LogP contribution in [0.25, 0.3) is 0 Å². The van der Waals surface area contributed by atoms with Crippen molar-refractivity contribution in [3.8, 4) is 0 Å². The van der Waals surface area contributed by atoms with Crippen LogP contribution in [-0.4, -0.2) is 37.8 Å². The predicted octanol–water partition coefficient (Wildman–Crippen LogP) is 2.71. The molecule has 0 unspecified atom stereocenters. The number of hydrogen-bond donors (Lipinski definition) is 3. The highest BCUT2D eigenvalue weighted by atomic mass is 32.2. The number of benzene rings is 2. The van der Waals surface area contributed by atoms with E-state index in [0.717, 1.165) is 23.6 Å². The molecule has 2 aromatic carbocycles. The average molecular weight is 409 g/mol. The van der Waals surface area contributed by atoms with E-state index in [1.165, 1.54) is 12.1 Å². The summed E-state index contributed by atoms with van der Waals surface area (Å²) in [7, 11) is -3.51. The fourth-order valence-corrected chi connectivity index (χ4v) is 3.09. The van der Waals surface area contributed by atoms with Crippen LogP contribution < -0.4 is 16.0 Å². The summed E-state index contributed by atoms with van der Waals surface area (Å²) in [5.41, 5.74) is 1.95. The molecule has 0 amide bonds. The molecule has 144 valence electrons. The minimum Gasteiger partial charge on any atom is -0.378 e. The number of thiocarbonyl (C=S) groups is 1. The van der Waals surface area contributed by atoms with E-state index < -0.39 is 14.8 Å². The lowest BCUT2D eigenvalue weighted by molar-refractivity contribution is -0.384. The number of nitro groups is 1. The molecule has 0 saturated carbocycles. The number of sulfone groups is 1. The summed E-state index contributed by atoms with van der Waals surface area (Å²) in [5.74, 6) is 0. The predicted molar refractivity (Wildman–Crippen MR) is 110 cm³/mol. The van der Waals surface area contributed by atoms with E-state index in [-0.39, 0.29) is 16.3 Å². The molecule has 3 N–H and O–H groups in total. The summed E-state index contributed by atoms with van der Waals surface area (Å²) in [6, 6.07) is 11.5. The Kier molecular flexibility index (Phi) is 6.70. The minimum absolute atomic E-state index is 0.0960. The molecule has 0 aromatic heterocycles. The Hall–Kier alpha value is -2.72. The second-order valence-corrected chi connectivity index (χ2v) is 8.31. The summed E-state index contributed by atoms with van der Waals surface area (Å²) in [6.07, 6.45) is 1.01. The van der Waals surface area contributed by atoms with Crippen LogP contribution in [0.2, 0.25) is 0 Å². The van der Waals surface area contributed by atoms with Gasteiger partial charge in [0.25, 0.3) is 5.69 Å². The number of rotatable bonds is 7. The molecule has 0 spiro atoms. The molecule has 0 heterocycles. The molecular formula is C17H20N4O4S2. The summed E-state index contributed by atoms with van der Waals surface area (Å²) in [4.78, 5) is 10.5. The molecule has 0 aliphatic rings. The van der Waals surface area contributed by atoms with E-state index in [4.69, 9.17) is 12.2 Å². The van der Waals surface area contributed by atoms with Crippen LogP contribution >= 0.6 is 12.2 Å². The molecule has 27 heavy (non-hydrogen) atoms. The first-order chi connectivity index (χ1) is 12.7. The molecule has 0 radical (unpaired) electrons. The standard InChI is InChI=1S/C17H20N4O4S2/c1-12-3-5-13(6-4-12)20-17(26)19-10-9-18-15-8-7-14(27(2,24)25)11-16(15)21(22)23/h3-8,11,18H,9-10H2,1-2H3,(H2,19,20,26). The Balaban J connectivity index is 1.90. The van der Waals surface area contributed by atoms with Crippen molar-refractivity contribution in [3.63, 3.8) is 0 Å². The molecule has 10 heteroatoms. The lowest BCUT2D eigenvalue weighted by atomic mass is 10.2. The van der Waals surface area contributed by atoms with Crippen LogP contribution in [0.15, 0.2) is 47.4 Å². The van der Waals surface area contributed by atoms with Crippen molar-refractivity contribution in [1.82, 2.24) is 5.32 Å². The molecular weight excluding hydrogens is 388 g/mol. The molecule has 0 aliphatic heterocycles. The zero-order valence-corrected chi connectivity index (χ0v) is 16.5. The Labute approximate surface area is 163 Å². The zero-order chi connectivity index (χ0) is 20.0. The van der Waals surface area contributed by atoms with Gasteiger partial charge in [-0.05, 0) is 43.4 Å². The lowest BCUT2D eigenvalue weighted by Crippen LogP contribution is -2.32. The first kappa shape index (κ1) is 20.6. The summed E-state index contributed by atoms with van der Waals surface area (Å²) < 4.78 is 23.1. The summed E-state index contributed by atoms with van der Waals surface area (Å²) >= 11 is 5.20. The van der Waals surface area contributed by atoms with Crippen molar-refractivity contribution in [2.75, 3.05) is 30.0 Å². The van der Waals surface area contributed by atoms with Gasteiger partial charge in [0.1, 0.15) is 5.69 Å². The highest BCUT2D eigenvalue weighted by Gasteiger charge is 2.18. The van der Waals surface area contributed by atoms with Crippen molar-refractivity contribution >= 4 is 44.2 Å². The number of nitrogens with one attached hydrogen (secondary N) is 3. The van der Waals surface area contributed by atoms with Gasteiger partial charge in [0.2, 0.25) is 0 Å². The molecule has 2 rings (SSSR count). The molecule has 0 saturated heterocycles. The van der Waals surface area contributed by atoms with Crippen molar-refractivity contribution in [1.29, 1.82) is 0 Å². The third-order valence-corrected chi connectivity index (χ3v) is 4.99. The number of nitrogens with zero attached hydrogens (tertiary/aromatic N) is 1. The van der Waals surface area contributed by atoms with Crippen molar-refractivity contribution < 1.29 is 13.3 Å². The molecule has 0 bridgehead atoms. The van der Waals surface area contributed by atoms with Gasteiger partial charge in [-0.2, -0.15) is 0 Å². The average Bonchev–Trinajstić information content (AvgIpc) is 2.59. The van der Waals surface area contributed by atoms with Gasteiger partial charge < -0.3 is 16.0 Å². The Morgan fingerprint density at radius 1 is 1.15 bits per heavy atom. The van der Waals surface area contributed by atoms with Crippen LogP contribution in [0, 0.1) is 17.0 Å². The van der Waals surface area contributed by atoms with E-state index >= 15 is 0 Å². The van der Waals surface area contributed by atoms with Gasteiger partial charge in [0, 0.05) is 31.1 Å². The number of hydrogen-bond acceptors (Lipinski definition) is 6. The maximum atomic E-state index is 11.5. The van der Waals surface area contributed by atoms with Crippen LogP contribution in [0.4, 0.5) is 17.1 Å². The van der Waals surface area contributed by atoms with E-state index in [2.05, 4.69) is 16.0 Å². The van der Waals surface area contributed by atoms with E-state index in [1.54, 1.807) is 0 Å². The third-order valence-electron chi connectivity index (χ3n) is 3.63. The Bertz CT molecular complexity index is 944. The van der Waals surface area contributed by atoms with Gasteiger partial charge in [-0.25, -0.2) is 8.42 Å². The van der Waals surface area contributed by atoms with Crippen molar-refractivity contribution in [2.45, 2.75) is 11.8 Å². The molecule has 0 atom stereocenters. The topological polar surface area (TPSA) is 113 Å². The maximum Gasteiger partial charge on any atom is 0.293 e. The van der Waals surface area contributed by atoms with Crippen molar-refractivity contribution in [2.24, 2.45) is 0 Å². The van der Waals surface area contributed by atoms with Gasteiger partial charge in [-0.3, -0.25) is 10.1 Å². The first-order valence-electron chi connectivity index (χ1n) is 8.01. The highest BCUT2D eigenvalue weighted by Crippen LogP contribution is 2.27. The van der Waals surface area contributed by atoms with Gasteiger partial charge in [-0.15, -0.1) is 0 Å².